The van der Waals surface area contributed by atoms with Gasteiger partial charge in [0.05, 0.1) is 23.5 Å². The van der Waals surface area contributed by atoms with Crippen LogP contribution in [0, 0.1) is 16.7 Å². The number of esters is 4. The van der Waals surface area contributed by atoms with Crippen molar-refractivity contribution in [1.29, 1.82) is 0 Å². The van der Waals surface area contributed by atoms with Gasteiger partial charge >= 0.3 is 42.2 Å². The lowest BCUT2D eigenvalue weighted by atomic mass is 9.44. The molecule has 0 spiro atoms. The van der Waals surface area contributed by atoms with Gasteiger partial charge in [-0.05, 0) is 69.9 Å². The molecule has 2 unspecified atom stereocenters. The lowest BCUT2D eigenvalue weighted by Gasteiger charge is -2.67. The SMILES string of the molecule is C=CCOC(=O)CCCNC(=O)OC1C[C@H]2OC[C@@]2(OC(C)=O)[C@H]2[C@H](OC(=O)c3ccccc3)[C@]3(O)CC(OC(=O)[C@H](OC(=O)OCC=C)[C@@H](NC(=O)OC(C)(C)C)c4ccccc4)C(C)=C([C@@H](O)C(=O)[C@]12C)C3(C)C. The van der Waals surface area contributed by atoms with Gasteiger partial charge in [-0.15, -0.1) is 0 Å². The average Bonchev–Trinajstić information content (AvgIpc) is 3.39. The maximum atomic E-state index is 15.8. The summed E-state index contributed by atoms with van der Waals surface area (Å²) >= 11 is 0. The van der Waals surface area contributed by atoms with Gasteiger partial charge in [-0.25, -0.2) is 24.0 Å². The van der Waals surface area contributed by atoms with E-state index in [1.165, 1.54) is 64.1 Å². The predicted molar refractivity (Wildman–Crippen MR) is 267 cm³/mol. The Labute approximate surface area is 440 Å². The predicted octanol–water partition coefficient (Wildman–Crippen LogP) is 5.85. The number of ether oxygens (including phenoxy) is 9. The van der Waals surface area contributed by atoms with E-state index in [4.69, 9.17) is 42.6 Å². The van der Waals surface area contributed by atoms with Crippen molar-refractivity contribution in [2.45, 2.75) is 141 Å². The first-order chi connectivity index (χ1) is 35.7. The Morgan fingerprint density at radius 1 is 0.895 bits per heavy atom. The summed E-state index contributed by atoms with van der Waals surface area (Å²) in [5.41, 5.74) is -9.39. The zero-order chi connectivity index (χ0) is 56.0. The molecule has 2 saturated carbocycles. The first-order valence-corrected chi connectivity index (χ1v) is 24.9. The molecule has 1 aliphatic heterocycles. The normalized spacial score (nSPS) is 28.0. The third kappa shape index (κ3) is 12.0. The zero-order valence-corrected chi connectivity index (χ0v) is 44.0. The van der Waals surface area contributed by atoms with Gasteiger partial charge in [0.1, 0.15) is 61.0 Å². The van der Waals surface area contributed by atoms with Crippen LogP contribution in [0.4, 0.5) is 14.4 Å². The number of fused-ring (bicyclic) bond motifs is 5. The first kappa shape index (κ1) is 58.2. The van der Waals surface area contributed by atoms with Gasteiger partial charge in [0.15, 0.2) is 11.4 Å². The lowest BCUT2D eigenvalue weighted by Crippen LogP contribution is -2.82. The standard InChI is InChI=1S/C55H68N2O19/c1-11-26-68-38(59)24-19-25-56-48(64)72-36-28-37-54(30-70-37,75-32(4)58)43-45(74-46(62)34-22-17-14-18-23-34)55(67)29-35(31(3)39(52(55,8)9)41(60)44(61)53(36,43)10)71-47(63)42(73-50(66)69-27-12-2)40(33-20-15-13-16-21-33)57-49(65)76-51(5,6)7/h11-18,20-23,35-37,40-43,45,60,67H,1-2,19,24-30H2,3-10H3,(H,56,64)(H,57,65)/t35?,36?,37-,40+,41-,42-,43+,45+,53-,54+,55-/m1/s1. The van der Waals surface area contributed by atoms with E-state index in [0.29, 0.717) is 0 Å². The largest absolute Gasteiger partial charge is 0.509 e. The van der Waals surface area contributed by atoms with Gasteiger partial charge in [0.2, 0.25) is 6.10 Å². The Hall–Kier alpha value is -7.10. The van der Waals surface area contributed by atoms with Crippen LogP contribution < -0.4 is 10.6 Å². The monoisotopic (exact) mass is 1060 g/mol. The van der Waals surface area contributed by atoms with Gasteiger partial charge in [-0.1, -0.05) is 87.7 Å². The van der Waals surface area contributed by atoms with E-state index in [1.54, 1.807) is 57.2 Å². The van der Waals surface area contributed by atoms with Crippen LogP contribution in [0.2, 0.25) is 0 Å². The number of Topliss-reactive ketones (excluding diaryl/α,β-unsaturated/α-hetero) is 1. The molecule has 11 atom stereocenters. The Balaban J connectivity index is 1.51. The fourth-order valence-electron chi connectivity index (χ4n) is 10.9. The number of hydrogen-bond donors (Lipinski definition) is 4. The summed E-state index contributed by atoms with van der Waals surface area (Å²) < 4.78 is 52.3. The molecule has 6 rings (SSSR count). The van der Waals surface area contributed by atoms with Crippen LogP contribution in [0.1, 0.15) is 103 Å². The number of hydrogen-bond acceptors (Lipinski definition) is 19. The highest BCUT2D eigenvalue weighted by Gasteiger charge is 2.79. The lowest BCUT2D eigenvalue weighted by molar-refractivity contribution is -0.345. The Kier molecular flexibility index (Phi) is 17.9. The number of aliphatic hydroxyl groups excluding tert-OH is 1. The maximum Gasteiger partial charge on any atom is 0.509 e. The molecular formula is C55H68N2O19. The van der Waals surface area contributed by atoms with Crippen LogP contribution in [-0.2, 0) is 61.8 Å². The van der Waals surface area contributed by atoms with Gasteiger partial charge < -0.3 is 63.5 Å². The van der Waals surface area contributed by atoms with Crippen molar-refractivity contribution in [3.8, 4) is 0 Å². The molecule has 1 heterocycles. The van der Waals surface area contributed by atoms with Crippen molar-refractivity contribution in [1.82, 2.24) is 10.6 Å². The second-order valence-electron chi connectivity index (χ2n) is 20.9. The van der Waals surface area contributed by atoms with Crippen molar-refractivity contribution in [2.75, 3.05) is 26.4 Å². The Bertz CT molecular complexity index is 2580. The molecule has 1 saturated heterocycles. The third-order valence-corrected chi connectivity index (χ3v) is 14.5. The third-order valence-electron chi connectivity index (χ3n) is 14.5. The molecule has 2 bridgehead atoms. The van der Waals surface area contributed by atoms with E-state index in [9.17, 15) is 39.0 Å². The molecule has 4 aliphatic rings. The Morgan fingerprint density at radius 2 is 1.53 bits per heavy atom. The number of alkyl carbamates (subject to hydrolysis) is 2. The number of amides is 2. The molecule has 2 amide bonds. The van der Waals surface area contributed by atoms with Crippen LogP contribution in [-0.4, -0.2) is 138 Å². The fraction of sp³-hybridized carbons (Fsp3) is 0.527. The molecular weight excluding hydrogens is 993 g/mol. The summed E-state index contributed by atoms with van der Waals surface area (Å²) in [6, 6.07) is 14.1. The summed E-state index contributed by atoms with van der Waals surface area (Å²) in [6.07, 6.45) is -12.3. The molecule has 21 heteroatoms. The summed E-state index contributed by atoms with van der Waals surface area (Å²) in [5, 5.41) is 31.9. The number of benzene rings is 2. The van der Waals surface area contributed by atoms with Crippen molar-refractivity contribution in [3.63, 3.8) is 0 Å². The number of rotatable bonds is 18. The molecule has 2 aromatic rings. The fourth-order valence-corrected chi connectivity index (χ4v) is 10.9. The minimum atomic E-state index is -2.55. The van der Waals surface area contributed by atoms with Gasteiger partial charge in [-0.3, -0.25) is 14.4 Å². The average molecular weight is 1060 g/mol. The molecule has 3 fully saturated rings. The summed E-state index contributed by atoms with van der Waals surface area (Å²) in [5.74, 6) is -6.46. The van der Waals surface area contributed by atoms with E-state index >= 15 is 9.59 Å². The van der Waals surface area contributed by atoms with E-state index < -0.39 is 137 Å². The molecule has 2 aromatic carbocycles. The highest BCUT2D eigenvalue weighted by molar-refractivity contribution is 5.94. The number of nitrogens with one attached hydrogen (secondary N) is 2. The van der Waals surface area contributed by atoms with E-state index in [1.807, 2.05) is 0 Å². The minimum absolute atomic E-state index is 0.00171. The molecule has 3 aliphatic carbocycles. The van der Waals surface area contributed by atoms with Crippen LogP contribution in [0.5, 0.6) is 0 Å². The van der Waals surface area contributed by atoms with Crippen LogP contribution in [0.15, 0.2) is 97.1 Å². The quantitative estimate of drug-likeness (QED) is 0.0589. The van der Waals surface area contributed by atoms with Crippen molar-refractivity contribution in [2.24, 2.45) is 16.7 Å². The van der Waals surface area contributed by atoms with Gasteiger partial charge in [0.25, 0.3) is 0 Å². The van der Waals surface area contributed by atoms with Gasteiger partial charge in [0, 0.05) is 38.1 Å². The summed E-state index contributed by atoms with van der Waals surface area (Å²) in [7, 11) is 0. The second-order valence-corrected chi connectivity index (χ2v) is 20.9. The van der Waals surface area contributed by atoms with Crippen LogP contribution >= 0.6 is 0 Å². The van der Waals surface area contributed by atoms with Crippen molar-refractivity contribution in [3.05, 3.63) is 108 Å². The molecule has 0 aromatic heterocycles. The minimum Gasteiger partial charge on any atom is -0.461 e. The highest BCUT2D eigenvalue weighted by atomic mass is 16.7. The molecule has 412 valence electrons. The van der Waals surface area contributed by atoms with Crippen molar-refractivity contribution < 1.29 is 91.2 Å². The maximum absolute atomic E-state index is 15.8. The zero-order valence-electron chi connectivity index (χ0n) is 44.0. The molecule has 4 N–H and O–H groups in total. The number of ketones is 1. The molecule has 0 radical (unpaired) electrons. The second kappa shape index (κ2) is 23.4. The highest BCUT2D eigenvalue weighted by Crippen LogP contribution is 2.64. The van der Waals surface area contributed by atoms with E-state index in [2.05, 4.69) is 23.8 Å². The van der Waals surface area contributed by atoms with Gasteiger partial charge in [-0.2, -0.15) is 0 Å². The van der Waals surface area contributed by atoms with Crippen LogP contribution in [0.3, 0.4) is 0 Å². The number of carbonyl (C=O) groups excluding carboxylic acids is 8. The number of carbonyl (C=O) groups is 8. The van der Waals surface area contributed by atoms with Crippen molar-refractivity contribution >= 4 is 48.0 Å². The summed E-state index contributed by atoms with van der Waals surface area (Å²) in [4.78, 5) is 111. The van der Waals surface area contributed by atoms with Crippen LogP contribution in [0.25, 0.3) is 0 Å². The number of aliphatic hydroxyl groups is 2. The molecule has 21 nitrogen and oxygen atoms in total. The smallest absolute Gasteiger partial charge is 0.461 e. The van der Waals surface area contributed by atoms with E-state index in [-0.39, 0.29) is 61.3 Å². The Morgan fingerprint density at radius 3 is 2.12 bits per heavy atom. The molecule has 76 heavy (non-hydrogen) atoms. The topological polar surface area (TPSA) is 284 Å². The van der Waals surface area contributed by atoms with E-state index in [0.717, 1.165) is 6.92 Å². The summed E-state index contributed by atoms with van der Waals surface area (Å²) in [6.45, 7) is 17.9. The first-order valence-electron chi connectivity index (χ1n) is 24.9.